The molecule has 1 aromatic carbocycles. The molecule has 0 amide bonds. The number of hydrogen-bond acceptors (Lipinski definition) is 2. The lowest BCUT2D eigenvalue weighted by Crippen LogP contribution is -2.15. The van der Waals surface area contributed by atoms with E-state index in [-0.39, 0.29) is 5.92 Å². The summed E-state index contributed by atoms with van der Waals surface area (Å²) >= 11 is 4.84. The lowest BCUT2D eigenvalue weighted by Gasteiger charge is -2.17. The van der Waals surface area contributed by atoms with E-state index >= 15 is 0 Å². The van der Waals surface area contributed by atoms with Crippen molar-refractivity contribution in [3.05, 3.63) is 29.3 Å². The number of benzene rings is 1. The molecule has 0 saturated carbocycles. The van der Waals surface area contributed by atoms with Crippen LogP contribution in [0.1, 0.15) is 37.8 Å². The standard InChI is InChI=1S/C15H20F3NOS/c1-3-6-20-13-5-4-12(15(16,17)18)9-11(13)7-10(2)8-14(19)21/h4-5,9-10H,3,6-8H2,1-2H3,(H2,19,21). The van der Waals surface area contributed by atoms with Crippen LogP contribution in [0.5, 0.6) is 5.75 Å². The van der Waals surface area contributed by atoms with Gasteiger partial charge in [0.25, 0.3) is 0 Å². The molecule has 2 nitrogen and oxygen atoms in total. The van der Waals surface area contributed by atoms with E-state index in [1.54, 1.807) is 0 Å². The van der Waals surface area contributed by atoms with Crippen molar-refractivity contribution in [3.63, 3.8) is 0 Å². The summed E-state index contributed by atoms with van der Waals surface area (Å²) in [5.41, 5.74) is 5.37. The number of halogens is 3. The molecule has 0 heterocycles. The van der Waals surface area contributed by atoms with Gasteiger partial charge in [-0.3, -0.25) is 0 Å². The van der Waals surface area contributed by atoms with E-state index in [9.17, 15) is 13.2 Å². The van der Waals surface area contributed by atoms with Gasteiger partial charge in [-0.25, -0.2) is 0 Å². The second kappa shape index (κ2) is 7.64. The zero-order chi connectivity index (χ0) is 16.0. The van der Waals surface area contributed by atoms with Crippen LogP contribution in [0, 0.1) is 5.92 Å². The summed E-state index contributed by atoms with van der Waals surface area (Å²) in [5.74, 6) is 0.564. The molecule has 0 aliphatic carbocycles. The van der Waals surface area contributed by atoms with Crippen molar-refractivity contribution in [1.29, 1.82) is 0 Å². The molecule has 0 spiro atoms. The zero-order valence-electron chi connectivity index (χ0n) is 12.2. The van der Waals surface area contributed by atoms with Gasteiger partial charge in [0.15, 0.2) is 0 Å². The van der Waals surface area contributed by atoms with Crippen molar-refractivity contribution in [2.75, 3.05) is 6.61 Å². The minimum absolute atomic E-state index is 0.0648. The highest BCUT2D eigenvalue weighted by Gasteiger charge is 2.31. The van der Waals surface area contributed by atoms with Gasteiger partial charge in [-0.1, -0.05) is 26.1 Å². The van der Waals surface area contributed by atoms with Crippen molar-refractivity contribution in [2.45, 2.75) is 39.3 Å². The molecule has 1 aromatic rings. The van der Waals surface area contributed by atoms with Crippen molar-refractivity contribution in [2.24, 2.45) is 11.7 Å². The molecule has 6 heteroatoms. The molecule has 0 fully saturated rings. The van der Waals surface area contributed by atoms with Gasteiger partial charge in [-0.15, -0.1) is 0 Å². The Labute approximate surface area is 128 Å². The van der Waals surface area contributed by atoms with E-state index in [4.69, 9.17) is 22.7 Å². The first-order valence-corrected chi connectivity index (χ1v) is 7.26. The van der Waals surface area contributed by atoms with Crippen LogP contribution < -0.4 is 10.5 Å². The summed E-state index contributed by atoms with van der Waals surface area (Å²) in [6, 6.07) is 3.59. The maximum absolute atomic E-state index is 12.8. The van der Waals surface area contributed by atoms with E-state index in [0.717, 1.165) is 18.6 Å². The highest BCUT2D eigenvalue weighted by molar-refractivity contribution is 7.80. The Balaban J connectivity index is 3.01. The minimum Gasteiger partial charge on any atom is -0.493 e. The maximum Gasteiger partial charge on any atom is 0.416 e. The molecule has 0 saturated heterocycles. The van der Waals surface area contributed by atoms with Crippen LogP contribution in [0.15, 0.2) is 18.2 Å². The van der Waals surface area contributed by atoms with Crippen LogP contribution in [-0.2, 0) is 12.6 Å². The first-order chi connectivity index (χ1) is 9.74. The molecule has 0 aliphatic rings. The average molecular weight is 319 g/mol. The molecule has 2 N–H and O–H groups in total. The van der Waals surface area contributed by atoms with Gasteiger partial charge in [-0.2, -0.15) is 13.2 Å². The smallest absolute Gasteiger partial charge is 0.416 e. The third-order valence-electron chi connectivity index (χ3n) is 2.97. The Bertz CT molecular complexity index is 488. The maximum atomic E-state index is 12.8. The first kappa shape index (κ1) is 17.8. The number of alkyl halides is 3. The minimum atomic E-state index is -4.36. The van der Waals surface area contributed by atoms with Crippen LogP contribution in [0.25, 0.3) is 0 Å². The predicted molar refractivity (Wildman–Crippen MR) is 81.5 cm³/mol. The number of ether oxygens (including phenoxy) is 1. The number of hydrogen-bond donors (Lipinski definition) is 1. The highest BCUT2D eigenvalue weighted by Crippen LogP contribution is 2.33. The molecule has 1 atom stereocenters. The van der Waals surface area contributed by atoms with Crippen LogP contribution in [-0.4, -0.2) is 11.6 Å². The van der Waals surface area contributed by atoms with Gasteiger partial charge in [0.1, 0.15) is 5.75 Å². The molecule has 1 unspecified atom stereocenters. The summed E-state index contributed by atoms with van der Waals surface area (Å²) in [6.07, 6.45) is -2.62. The molecular formula is C15H20F3NOS. The number of nitrogens with two attached hydrogens (primary N) is 1. The monoisotopic (exact) mass is 319 g/mol. The number of thiocarbonyl (C=S) groups is 1. The van der Waals surface area contributed by atoms with Crippen LogP contribution in [0.3, 0.4) is 0 Å². The van der Waals surface area contributed by atoms with E-state index < -0.39 is 11.7 Å². The molecule has 21 heavy (non-hydrogen) atoms. The molecular weight excluding hydrogens is 299 g/mol. The van der Waals surface area contributed by atoms with Gasteiger partial charge in [0.2, 0.25) is 0 Å². The fraction of sp³-hybridized carbons (Fsp3) is 0.533. The van der Waals surface area contributed by atoms with Crippen molar-refractivity contribution in [3.8, 4) is 5.75 Å². The van der Waals surface area contributed by atoms with E-state index in [1.165, 1.54) is 6.07 Å². The fourth-order valence-corrected chi connectivity index (χ4v) is 2.34. The van der Waals surface area contributed by atoms with Crippen LogP contribution >= 0.6 is 12.2 Å². The molecule has 0 aromatic heterocycles. The van der Waals surface area contributed by atoms with E-state index in [0.29, 0.717) is 35.7 Å². The van der Waals surface area contributed by atoms with Crippen molar-refractivity contribution >= 4 is 17.2 Å². The largest absolute Gasteiger partial charge is 0.493 e. The van der Waals surface area contributed by atoms with Gasteiger partial charge < -0.3 is 10.5 Å². The number of rotatable bonds is 7. The topological polar surface area (TPSA) is 35.2 Å². The summed E-state index contributed by atoms with van der Waals surface area (Å²) in [4.78, 5) is 0.366. The third-order valence-corrected chi connectivity index (χ3v) is 3.13. The first-order valence-electron chi connectivity index (χ1n) is 6.85. The summed E-state index contributed by atoms with van der Waals surface area (Å²) < 4.78 is 44.0. The summed E-state index contributed by atoms with van der Waals surface area (Å²) in [6.45, 7) is 4.32. The van der Waals surface area contributed by atoms with Crippen molar-refractivity contribution < 1.29 is 17.9 Å². The summed E-state index contributed by atoms with van der Waals surface area (Å²) in [5, 5.41) is 0. The van der Waals surface area contributed by atoms with Crippen molar-refractivity contribution in [1.82, 2.24) is 0 Å². The molecule has 0 radical (unpaired) electrons. The molecule has 0 bridgehead atoms. The second-order valence-corrected chi connectivity index (χ2v) is 5.67. The Kier molecular flexibility index (Phi) is 6.45. The lowest BCUT2D eigenvalue weighted by atomic mass is 9.96. The summed E-state index contributed by atoms with van der Waals surface area (Å²) in [7, 11) is 0. The quantitative estimate of drug-likeness (QED) is 0.759. The van der Waals surface area contributed by atoms with Gasteiger partial charge in [0, 0.05) is 6.42 Å². The average Bonchev–Trinajstić information content (AvgIpc) is 2.35. The van der Waals surface area contributed by atoms with Crippen LogP contribution in [0.4, 0.5) is 13.2 Å². The molecule has 118 valence electrons. The van der Waals surface area contributed by atoms with Crippen LogP contribution in [0.2, 0.25) is 0 Å². The Morgan fingerprint density at radius 1 is 1.38 bits per heavy atom. The second-order valence-electron chi connectivity index (χ2n) is 5.15. The normalized spacial score (nSPS) is 13.0. The Morgan fingerprint density at radius 2 is 2.05 bits per heavy atom. The van der Waals surface area contributed by atoms with E-state index in [2.05, 4.69) is 0 Å². The lowest BCUT2D eigenvalue weighted by molar-refractivity contribution is -0.137. The molecule has 1 rings (SSSR count). The Hall–Kier alpha value is -1.30. The van der Waals surface area contributed by atoms with E-state index in [1.807, 2.05) is 13.8 Å². The fourth-order valence-electron chi connectivity index (χ4n) is 2.06. The third kappa shape index (κ3) is 5.91. The Morgan fingerprint density at radius 3 is 2.57 bits per heavy atom. The zero-order valence-corrected chi connectivity index (χ0v) is 13.0. The molecule has 0 aliphatic heterocycles. The SMILES string of the molecule is CCCOc1ccc(C(F)(F)F)cc1CC(C)CC(N)=S. The van der Waals surface area contributed by atoms with Gasteiger partial charge in [-0.05, 0) is 42.5 Å². The predicted octanol–water partition coefficient (Wildman–Crippen LogP) is 4.35. The van der Waals surface area contributed by atoms with Gasteiger partial charge >= 0.3 is 6.18 Å². The highest BCUT2D eigenvalue weighted by atomic mass is 32.1. The van der Waals surface area contributed by atoms with Gasteiger partial charge in [0.05, 0.1) is 17.2 Å².